The van der Waals surface area contributed by atoms with E-state index in [1.165, 1.54) is 6.92 Å². The zero-order valence-corrected chi connectivity index (χ0v) is 7.74. The van der Waals surface area contributed by atoms with Crippen LogP contribution in [0.3, 0.4) is 0 Å². The van der Waals surface area contributed by atoms with Gasteiger partial charge < -0.3 is 10.4 Å². The normalized spacial score (nSPS) is 12.2. The van der Waals surface area contributed by atoms with E-state index in [2.05, 4.69) is 5.32 Å². The van der Waals surface area contributed by atoms with Crippen molar-refractivity contribution in [1.82, 2.24) is 0 Å². The van der Waals surface area contributed by atoms with E-state index in [4.69, 9.17) is 5.11 Å². The van der Waals surface area contributed by atoms with Crippen molar-refractivity contribution in [3.63, 3.8) is 0 Å². The molecule has 0 saturated heterocycles. The van der Waals surface area contributed by atoms with Crippen molar-refractivity contribution in [1.29, 1.82) is 0 Å². The largest absolute Gasteiger partial charge is 0.384 e. The second-order valence-corrected chi connectivity index (χ2v) is 3.03. The molecule has 0 radical (unpaired) electrons. The molecule has 1 rings (SSSR count). The molecule has 1 aromatic carbocycles. The molecule has 70 valence electrons. The van der Waals surface area contributed by atoms with Crippen molar-refractivity contribution in [2.45, 2.75) is 20.0 Å². The number of anilines is 1. The standard InChI is InChI=1S/C10H13NO2/c1-7-3-5-9(6-4-7)11-10(13)8(2)12/h3-6,8,12H,1-2H3,(H,11,13). The predicted octanol–water partition coefficient (Wildman–Crippen LogP) is 1.31. The fourth-order valence-corrected chi connectivity index (χ4v) is 0.884. The van der Waals surface area contributed by atoms with E-state index < -0.39 is 6.10 Å². The number of rotatable bonds is 2. The minimum absolute atomic E-state index is 0.385. The van der Waals surface area contributed by atoms with Gasteiger partial charge in [0.25, 0.3) is 5.91 Å². The Kier molecular flexibility index (Phi) is 3.03. The minimum Gasteiger partial charge on any atom is -0.384 e. The maximum Gasteiger partial charge on any atom is 0.252 e. The molecule has 0 aromatic heterocycles. The van der Waals surface area contributed by atoms with Crippen LogP contribution in [0.1, 0.15) is 12.5 Å². The van der Waals surface area contributed by atoms with E-state index in [1.807, 2.05) is 19.1 Å². The number of carbonyl (C=O) groups excluding carboxylic acids is 1. The summed E-state index contributed by atoms with van der Waals surface area (Å²) >= 11 is 0. The van der Waals surface area contributed by atoms with Crippen LogP contribution in [0.4, 0.5) is 5.69 Å². The summed E-state index contributed by atoms with van der Waals surface area (Å²) in [5.41, 5.74) is 1.84. The highest BCUT2D eigenvalue weighted by Crippen LogP contribution is 2.08. The number of carbonyl (C=O) groups is 1. The third-order valence-corrected chi connectivity index (χ3v) is 1.70. The van der Waals surface area contributed by atoms with Crippen LogP contribution in [0, 0.1) is 6.92 Å². The van der Waals surface area contributed by atoms with Crippen molar-refractivity contribution in [2.75, 3.05) is 5.32 Å². The zero-order valence-electron chi connectivity index (χ0n) is 7.74. The van der Waals surface area contributed by atoms with E-state index in [0.717, 1.165) is 5.56 Å². The van der Waals surface area contributed by atoms with Gasteiger partial charge in [0, 0.05) is 5.69 Å². The summed E-state index contributed by atoms with van der Waals surface area (Å²) in [4.78, 5) is 11.0. The van der Waals surface area contributed by atoms with E-state index in [9.17, 15) is 4.79 Å². The van der Waals surface area contributed by atoms with Gasteiger partial charge in [0.15, 0.2) is 0 Å². The van der Waals surface area contributed by atoms with Gasteiger partial charge in [0.05, 0.1) is 0 Å². The van der Waals surface area contributed by atoms with E-state index >= 15 is 0 Å². The summed E-state index contributed by atoms with van der Waals surface area (Å²) < 4.78 is 0. The van der Waals surface area contributed by atoms with Crippen LogP contribution in [-0.2, 0) is 4.79 Å². The van der Waals surface area contributed by atoms with Crippen LogP contribution >= 0.6 is 0 Å². The third-order valence-electron chi connectivity index (χ3n) is 1.70. The number of hydrogen-bond donors (Lipinski definition) is 2. The van der Waals surface area contributed by atoms with Gasteiger partial charge in [-0.1, -0.05) is 17.7 Å². The number of aliphatic hydroxyl groups excluding tert-OH is 1. The Morgan fingerprint density at radius 2 is 1.92 bits per heavy atom. The first-order chi connectivity index (χ1) is 6.09. The summed E-state index contributed by atoms with van der Waals surface area (Å²) in [7, 11) is 0. The SMILES string of the molecule is Cc1ccc(NC(=O)C(C)O)cc1. The number of aliphatic hydroxyl groups is 1. The zero-order chi connectivity index (χ0) is 9.84. The van der Waals surface area contributed by atoms with E-state index in [1.54, 1.807) is 12.1 Å². The average Bonchev–Trinajstić information content (AvgIpc) is 2.08. The molecule has 1 unspecified atom stereocenters. The Balaban J connectivity index is 2.65. The number of hydrogen-bond acceptors (Lipinski definition) is 2. The van der Waals surface area contributed by atoms with Gasteiger partial charge in [-0.25, -0.2) is 0 Å². The fraction of sp³-hybridized carbons (Fsp3) is 0.300. The van der Waals surface area contributed by atoms with Gasteiger partial charge in [-0.2, -0.15) is 0 Å². The Hall–Kier alpha value is -1.35. The van der Waals surface area contributed by atoms with E-state index in [-0.39, 0.29) is 5.91 Å². The quantitative estimate of drug-likeness (QED) is 0.719. The average molecular weight is 179 g/mol. The lowest BCUT2D eigenvalue weighted by Crippen LogP contribution is -2.24. The van der Waals surface area contributed by atoms with Gasteiger partial charge in [-0.05, 0) is 26.0 Å². The van der Waals surface area contributed by atoms with Crippen LogP contribution in [0.5, 0.6) is 0 Å². The fourth-order valence-electron chi connectivity index (χ4n) is 0.884. The Bertz CT molecular complexity index is 290. The van der Waals surface area contributed by atoms with Crippen LogP contribution in [0.15, 0.2) is 24.3 Å². The maximum absolute atomic E-state index is 11.0. The lowest BCUT2D eigenvalue weighted by atomic mass is 10.2. The summed E-state index contributed by atoms with van der Waals surface area (Å²) in [6.45, 7) is 3.41. The third kappa shape index (κ3) is 2.87. The van der Waals surface area contributed by atoms with Crippen molar-refractivity contribution >= 4 is 11.6 Å². The van der Waals surface area contributed by atoms with E-state index in [0.29, 0.717) is 5.69 Å². The molecule has 13 heavy (non-hydrogen) atoms. The van der Waals surface area contributed by atoms with Crippen molar-refractivity contribution in [3.05, 3.63) is 29.8 Å². The summed E-state index contributed by atoms with van der Waals surface area (Å²) in [6, 6.07) is 7.40. The first-order valence-electron chi connectivity index (χ1n) is 4.15. The molecule has 3 heteroatoms. The monoisotopic (exact) mass is 179 g/mol. The second-order valence-electron chi connectivity index (χ2n) is 3.03. The molecule has 1 atom stereocenters. The molecule has 0 fully saturated rings. The molecule has 0 aliphatic rings. The predicted molar refractivity (Wildman–Crippen MR) is 51.5 cm³/mol. The lowest BCUT2D eigenvalue weighted by Gasteiger charge is -2.06. The van der Waals surface area contributed by atoms with Gasteiger partial charge >= 0.3 is 0 Å². The van der Waals surface area contributed by atoms with Crippen LogP contribution < -0.4 is 5.32 Å². The molecule has 1 amide bonds. The first kappa shape index (κ1) is 9.74. The van der Waals surface area contributed by atoms with Crippen molar-refractivity contribution in [3.8, 4) is 0 Å². The lowest BCUT2D eigenvalue weighted by molar-refractivity contribution is -0.123. The Morgan fingerprint density at radius 1 is 1.38 bits per heavy atom. The topological polar surface area (TPSA) is 49.3 Å². The number of amides is 1. The molecule has 3 nitrogen and oxygen atoms in total. The summed E-state index contributed by atoms with van der Waals surface area (Å²) in [5, 5.41) is 11.5. The van der Waals surface area contributed by atoms with Gasteiger partial charge in [-0.15, -0.1) is 0 Å². The smallest absolute Gasteiger partial charge is 0.252 e. The molecule has 0 heterocycles. The molecule has 0 aliphatic carbocycles. The van der Waals surface area contributed by atoms with Gasteiger partial charge in [0.2, 0.25) is 0 Å². The highest BCUT2D eigenvalue weighted by molar-refractivity contribution is 5.93. The molecular formula is C10H13NO2. The highest BCUT2D eigenvalue weighted by atomic mass is 16.3. The number of aryl methyl sites for hydroxylation is 1. The maximum atomic E-state index is 11.0. The number of nitrogens with one attached hydrogen (secondary N) is 1. The van der Waals surface area contributed by atoms with Crippen LogP contribution in [0.2, 0.25) is 0 Å². The Morgan fingerprint density at radius 3 is 2.38 bits per heavy atom. The number of benzene rings is 1. The van der Waals surface area contributed by atoms with Crippen molar-refractivity contribution in [2.24, 2.45) is 0 Å². The summed E-state index contributed by atoms with van der Waals surface area (Å²) in [6.07, 6.45) is -0.971. The van der Waals surface area contributed by atoms with Crippen LogP contribution in [0.25, 0.3) is 0 Å². The molecule has 0 saturated carbocycles. The first-order valence-corrected chi connectivity index (χ1v) is 4.15. The molecule has 0 spiro atoms. The van der Waals surface area contributed by atoms with Crippen molar-refractivity contribution < 1.29 is 9.90 Å². The van der Waals surface area contributed by atoms with Gasteiger partial charge in [-0.3, -0.25) is 4.79 Å². The highest BCUT2D eigenvalue weighted by Gasteiger charge is 2.07. The molecule has 2 N–H and O–H groups in total. The van der Waals surface area contributed by atoms with Crippen LogP contribution in [-0.4, -0.2) is 17.1 Å². The molecule has 0 aliphatic heterocycles. The minimum atomic E-state index is -0.971. The summed E-state index contributed by atoms with van der Waals surface area (Å²) in [5.74, 6) is -0.385. The molecule has 0 bridgehead atoms. The molecular weight excluding hydrogens is 166 g/mol. The molecule has 1 aromatic rings. The second kappa shape index (κ2) is 4.05. The van der Waals surface area contributed by atoms with Gasteiger partial charge in [0.1, 0.15) is 6.10 Å². The Labute approximate surface area is 77.4 Å².